The number of nitrogens with zero attached hydrogens (tertiary/aromatic N) is 1. The maximum absolute atomic E-state index is 12.7. The van der Waals surface area contributed by atoms with Crippen molar-refractivity contribution in [2.45, 2.75) is 37.0 Å². The van der Waals surface area contributed by atoms with Crippen LogP contribution in [0.25, 0.3) is 0 Å². The van der Waals surface area contributed by atoms with Crippen LogP contribution in [0.15, 0.2) is 59.5 Å². The van der Waals surface area contributed by atoms with Gasteiger partial charge in [-0.15, -0.1) is 0 Å². The van der Waals surface area contributed by atoms with Crippen molar-refractivity contribution in [2.75, 3.05) is 25.0 Å². The summed E-state index contributed by atoms with van der Waals surface area (Å²) in [4.78, 5) is 24.3. The Morgan fingerprint density at radius 2 is 1.77 bits per heavy atom. The number of esters is 1. The Labute approximate surface area is 177 Å². The van der Waals surface area contributed by atoms with E-state index in [1.54, 1.807) is 12.1 Å². The van der Waals surface area contributed by atoms with Crippen LogP contribution in [0.4, 0.5) is 5.69 Å². The lowest BCUT2D eigenvalue weighted by Gasteiger charge is -2.16. The van der Waals surface area contributed by atoms with E-state index in [4.69, 9.17) is 4.74 Å². The first-order valence-corrected chi connectivity index (χ1v) is 11.4. The molecule has 1 aliphatic rings. The largest absolute Gasteiger partial charge is 0.456 e. The zero-order valence-corrected chi connectivity index (χ0v) is 17.7. The molecule has 2 aromatic carbocycles. The first-order valence-electron chi connectivity index (χ1n) is 9.97. The van der Waals surface area contributed by atoms with Gasteiger partial charge in [-0.3, -0.25) is 9.59 Å². The number of amides is 1. The fraction of sp³-hybridized carbons (Fsp3) is 0.364. The van der Waals surface area contributed by atoms with Gasteiger partial charge in [0.05, 0.1) is 11.3 Å². The molecule has 1 unspecified atom stereocenters. The highest BCUT2D eigenvalue weighted by molar-refractivity contribution is 7.89. The van der Waals surface area contributed by atoms with Crippen LogP contribution >= 0.6 is 0 Å². The molecule has 1 amide bonds. The molecule has 1 saturated heterocycles. The molecule has 1 N–H and O–H groups in total. The number of carbonyl (C=O) groups is 2. The molecule has 0 aliphatic carbocycles. The molecule has 0 aromatic heterocycles. The summed E-state index contributed by atoms with van der Waals surface area (Å²) in [5.74, 6) is -1.01. The average Bonchev–Trinajstić information content (AvgIpc) is 3.29. The predicted octanol–water partition coefficient (Wildman–Crippen LogP) is 3.15. The van der Waals surface area contributed by atoms with Crippen molar-refractivity contribution in [3.8, 4) is 0 Å². The third-order valence-electron chi connectivity index (χ3n) is 5.03. The minimum absolute atomic E-state index is 0.0192. The maximum Gasteiger partial charge on any atom is 0.306 e. The Bertz CT molecular complexity index is 986. The zero-order chi connectivity index (χ0) is 21.6. The number of anilines is 1. The van der Waals surface area contributed by atoms with Crippen LogP contribution in [-0.4, -0.2) is 44.3 Å². The van der Waals surface area contributed by atoms with Gasteiger partial charge in [0, 0.05) is 18.8 Å². The molecule has 1 atom stereocenters. The fourth-order valence-electron chi connectivity index (χ4n) is 3.36. The molecule has 160 valence electrons. The van der Waals surface area contributed by atoms with Gasteiger partial charge in [-0.25, -0.2) is 8.42 Å². The molecule has 1 aliphatic heterocycles. The first kappa shape index (κ1) is 22.0. The highest BCUT2D eigenvalue weighted by Gasteiger charge is 2.27. The lowest BCUT2D eigenvalue weighted by atomic mass is 9.98. The SMILES string of the molecule is CC(CC(=O)OCC(=O)Nc1cccc(S(=O)(=O)N2CCCC2)c1)c1ccccc1. The normalized spacial score (nSPS) is 15.5. The Balaban J connectivity index is 1.52. The molecule has 3 rings (SSSR count). The van der Waals surface area contributed by atoms with Gasteiger partial charge >= 0.3 is 5.97 Å². The molecule has 30 heavy (non-hydrogen) atoms. The summed E-state index contributed by atoms with van der Waals surface area (Å²) in [5, 5.41) is 2.59. The van der Waals surface area contributed by atoms with Crippen LogP contribution in [0.5, 0.6) is 0 Å². The summed E-state index contributed by atoms with van der Waals surface area (Å²) in [7, 11) is -3.57. The molecular formula is C22H26N2O5S. The summed E-state index contributed by atoms with van der Waals surface area (Å²) >= 11 is 0. The molecule has 0 spiro atoms. The maximum atomic E-state index is 12.7. The van der Waals surface area contributed by atoms with E-state index in [-0.39, 0.29) is 17.2 Å². The van der Waals surface area contributed by atoms with Gasteiger partial charge in [-0.05, 0) is 42.5 Å². The summed E-state index contributed by atoms with van der Waals surface area (Å²) in [6.45, 7) is 2.51. The van der Waals surface area contributed by atoms with Gasteiger partial charge in [-0.1, -0.05) is 43.3 Å². The minimum atomic E-state index is -3.57. The molecule has 1 fully saturated rings. The second kappa shape index (κ2) is 9.86. The van der Waals surface area contributed by atoms with E-state index >= 15 is 0 Å². The lowest BCUT2D eigenvalue weighted by Crippen LogP contribution is -2.28. The number of rotatable bonds is 8. The molecule has 8 heteroatoms. The van der Waals surface area contributed by atoms with E-state index in [0.717, 1.165) is 18.4 Å². The Morgan fingerprint density at radius 1 is 1.07 bits per heavy atom. The highest BCUT2D eigenvalue weighted by Crippen LogP contribution is 2.23. The van der Waals surface area contributed by atoms with Crippen molar-refractivity contribution in [1.29, 1.82) is 0 Å². The zero-order valence-electron chi connectivity index (χ0n) is 16.9. The number of benzene rings is 2. The van der Waals surface area contributed by atoms with E-state index in [1.165, 1.54) is 16.4 Å². The minimum Gasteiger partial charge on any atom is -0.456 e. The van der Waals surface area contributed by atoms with E-state index in [2.05, 4.69) is 5.32 Å². The smallest absolute Gasteiger partial charge is 0.306 e. The van der Waals surface area contributed by atoms with Crippen molar-refractivity contribution >= 4 is 27.6 Å². The van der Waals surface area contributed by atoms with E-state index in [0.29, 0.717) is 18.8 Å². The highest BCUT2D eigenvalue weighted by atomic mass is 32.2. The fourth-order valence-corrected chi connectivity index (χ4v) is 4.93. The molecule has 7 nitrogen and oxygen atoms in total. The second-order valence-electron chi connectivity index (χ2n) is 7.36. The van der Waals surface area contributed by atoms with E-state index < -0.39 is 28.5 Å². The number of hydrogen-bond acceptors (Lipinski definition) is 5. The van der Waals surface area contributed by atoms with Gasteiger partial charge < -0.3 is 10.1 Å². The van der Waals surface area contributed by atoms with Crippen LogP contribution in [0.1, 0.15) is 37.7 Å². The van der Waals surface area contributed by atoms with Crippen LogP contribution in [0.2, 0.25) is 0 Å². The van der Waals surface area contributed by atoms with Gasteiger partial charge in [0.25, 0.3) is 5.91 Å². The van der Waals surface area contributed by atoms with Gasteiger partial charge in [-0.2, -0.15) is 4.31 Å². The standard InChI is InChI=1S/C22H26N2O5S/c1-17(18-8-3-2-4-9-18)14-22(26)29-16-21(25)23-19-10-7-11-20(15-19)30(27,28)24-12-5-6-13-24/h2-4,7-11,15,17H,5-6,12-14,16H2,1H3,(H,23,25). The Morgan fingerprint density at radius 3 is 2.47 bits per heavy atom. The van der Waals surface area contributed by atoms with Crippen LogP contribution in [0, 0.1) is 0 Å². The summed E-state index contributed by atoms with van der Waals surface area (Å²) in [6.07, 6.45) is 1.87. The monoisotopic (exact) mass is 430 g/mol. The summed E-state index contributed by atoms with van der Waals surface area (Å²) in [6, 6.07) is 15.7. The van der Waals surface area contributed by atoms with Crippen LogP contribution < -0.4 is 5.32 Å². The van der Waals surface area contributed by atoms with Crippen LogP contribution in [0.3, 0.4) is 0 Å². The average molecular weight is 431 g/mol. The first-order chi connectivity index (χ1) is 14.4. The summed E-state index contributed by atoms with van der Waals surface area (Å²) in [5.41, 5.74) is 1.36. The van der Waals surface area contributed by atoms with Crippen molar-refractivity contribution < 1.29 is 22.7 Å². The number of hydrogen-bond donors (Lipinski definition) is 1. The topological polar surface area (TPSA) is 92.8 Å². The van der Waals surface area contributed by atoms with E-state index in [9.17, 15) is 18.0 Å². The van der Waals surface area contributed by atoms with E-state index in [1.807, 2.05) is 37.3 Å². The molecule has 0 saturated carbocycles. The molecule has 0 radical (unpaired) electrons. The second-order valence-corrected chi connectivity index (χ2v) is 9.30. The third kappa shape index (κ3) is 5.67. The van der Waals surface area contributed by atoms with Crippen molar-refractivity contribution in [3.05, 3.63) is 60.2 Å². The van der Waals surface area contributed by atoms with Crippen molar-refractivity contribution in [1.82, 2.24) is 4.31 Å². The van der Waals surface area contributed by atoms with Gasteiger partial charge in [0.2, 0.25) is 10.0 Å². The third-order valence-corrected chi connectivity index (χ3v) is 6.92. The molecule has 0 bridgehead atoms. The van der Waals surface area contributed by atoms with Gasteiger partial charge in [0.1, 0.15) is 0 Å². The number of sulfonamides is 1. The Hall–Kier alpha value is -2.71. The Kier molecular flexibility index (Phi) is 7.23. The quantitative estimate of drug-likeness (QED) is 0.650. The lowest BCUT2D eigenvalue weighted by molar-refractivity contribution is -0.147. The predicted molar refractivity (Wildman–Crippen MR) is 113 cm³/mol. The van der Waals surface area contributed by atoms with Crippen LogP contribution in [-0.2, 0) is 24.3 Å². The van der Waals surface area contributed by atoms with Crippen molar-refractivity contribution in [2.24, 2.45) is 0 Å². The molecular weight excluding hydrogens is 404 g/mol. The summed E-state index contributed by atoms with van der Waals surface area (Å²) < 4.78 is 31.8. The molecule has 1 heterocycles. The van der Waals surface area contributed by atoms with Crippen molar-refractivity contribution in [3.63, 3.8) is 0 Å². The van der Waals surface area contributed by atoms with Gasteiger partial charge in [0.15, 0.2) is 6.61 Å². The number of carbonyl (C=O) groups excluding carboxylic acids is 2. The number of nitrogens with one attached hydrogen (secondary N) is 1. The molecule has 2 aromatic rings. The number of ether oxygens (including phenoxy) is 1.